The van der Waals surface area contributed by atoms with Crippen LogP contribution < -0.4 is 0 Å². The molecule has 0 spiro atoms. The maximum Gasteiger partial charge on any atom is 0.433 e. The van der Waals surface area contributed by atoms with Gasteiger partial charge in [-0.2, -0.15) is 0 Å². The molecule has 0 aliphatic carbocycles. The Labute approximate surface area is 107 Å². The molecule has 5 nitrogen and oxygen atoms in total. The van der Waals surface area contributed by atoms with Crippen molar-refractivity contribution < 1.29 is 13.8 Å². The molecule has 0 fully saturated rings. The SMILES string of the molecule is O=[N+]([O-])c1ccc(C=Cc2cc3ccccc3o2)o1. The van der Waals surface area contributed by atoms with E-state index in [0.29, 0.717) is 11.5 Å². The molecule has 0 aliphatic heterocycles. The number of benzene rings is 1. The van der Waals surface area contributed by atoms with Crippen molar-refractivity contribution in [1.82, 2.24) is 0 Å². The molecule has 3 rings (SSSR count). The molecule has 94 valence electrons. The molecule has 1 aromatic carbocycles. The van der Waals surface area contributed by atoms with Crippen LogP contribution in [0, 0.1) is 10.1 Å². The molecule has 0 N–H and O–H groups in total. The Balaban J connectivity index is 1.86. The molecule has 0 amide bonds. The van der Waals surface area contributed by atoms with E-state index in [0.717, 1.165) is 11.0 Å². The zero-order valence-electron chi connectivity index (χ0n) is 9.78. The summed E-state index contributed by atoms with van der Waals surface area (Å²) in [4.78, 5) is 9.90. The van der Waals surface area contributed by atoms with Gasteiger partial charge in [0.2, 0.25) is 0 Å². The van der Waals surface area contributed by atoms with Gasteiger partial charge in [0, 0.05) is 5.39 Å². The lowest BCUT2D eigenvalue weighted by Gasteiger charge is -1.85. The summed E-state index contributed by atoms with van der Waals surface area (Å²) >= 11 is 0. The van der Waals surface area contributed by atoms with E-state index in [1.807, 2.05) is 30.3 Å². The Morgan fingerprint density at radius 3 is 2.53 bits per heavy atom. The standard InChI is InChI=1S/C14H9NO4/c16-15(17)14-8-7-11(19-14)5-6-12-9-10-3-1-2-4-13(10)18-12/h1-9H. The van der Waals surface area contributed by atoms with Crippen molar-refractivity contribution in [2.24, 2.45) is 0 Å². The molecule has 0 unspecified atom stereocenters. The first kappa shape index (κ1) is 11.3. The van der Waals surface area contributed by atoms with Gasteiger partial charge in [-0.25, -0.2) is 0 Å². The van der Waals surface area contributed by atoms with Crippen molar-refractivity contribution >= 4 is 29.0 Å². The predicted molar refractivity (Wildman–Crippen MR) is 70.5 cm³/mol. The molecular formula is C14H9NO4. The molecule has 5 heteroatoms. The molecule has 0 aliphatic rings. The summed E-state index contributed by atoms with van der Waals surface area (Å²) in [6, 6.07) is 12.4. The highest BCUT2D eigenvalue weighted by Crippen LogP contribution is 2.22. The summed E-state index contributed by atoms with van der Waals surface area (Å²) in [5.41, 5.74) is 0.799. The average molecular weight is 255 g/mol. The maximum absolute atomic E-state index is 10.5. The second-order valence-corrected chi connectivity index (χ2v) is 3.95. The second-order valence-electron chi connectivity index (χ2n) is 3.95. The maximum atomic E-state index is 10.5. The van der Waals surface area contributed by atoms with E-state index in [1.54, 1.807) is 12.2 Å². The fourth-order valence-corrected chi connectivity index (χ4v) is 1.78. The number of furan rings is 2. The van der Waals surface area contributed by atoms with Crippen molar-refractivity contribution in [3.8, 4) is 0 Å². The predicted octanol–water partition coefficient (Wildman–Crippen LogP) is 4.10. The van der Waals surface area contributed by atoms with E-state index in [4.69, 9.17) is 8.83 Å². The largest absolute Gasteiger partial charge is 0.457 e. The molecule has 0 saturated heterocycles. The van der Waals surface area contributed by atoms with E-state index in [1.165, 1.54) is 12.1 Å². The Kier molecular flexibility index (Phi) is 2.64. The van der Waals surface area contributed by atoms with Crippen LogP contribution in [0.2, 0.25) is 0 Å². The van der Waals surface area contributed by atoms with Crippen molar-refractivity contribution in [2.45, 2.75) is 0 Å². The zero-order valence-corrected chi connectivity index (χ0v) is 9.78. The second kappa shape index (κ2) is 4.45. The minimum absolute atomic E-state index is 0.274. The Bertz CT molecular complexity index is 733. The van der Waals surface area contributed by atoms with Gasteiger partial charge in [0.05, 0.1) is 6.07 Å². The lowest BCUT2D eigenvalue weighted by Crippen LogP contribution is -1.82. The minimum Gasteiger partial charge on any atom is -0.457 e. The number of para-hydroxylation sites is 1. The third-order valence-corrected chi connectivity index (χ3v) is 2.65. The summed E-state index contributed by atoms with van der Waals surface area (Å²) < 4.78 is 10.6. The van der Waals surface area contributed by atoms with Gasteiger partial charge in [-0.15, -0.1) is 0 Å². The lowest BCUT2D eigenvalue weighted by atomic mass is 10.2. The first-order chi connectivity index (χ1) is 9.22. The summed E-state index contributed by atoms with van der Waals surface area (Å²) in [6.07, 6.45) is 3.34. The number of fused-ring (bicyclic) bond motifs is 1. The number of hydrogen-bond donors (Lipinski definition) is 0. The topological polar surface area (TPSA) is 69.4 Å². The number of hydrogen-bond acceptors (Lipinski definition) is 4. The molecule has 3 aromatic rings. The van der Waals surface area contributed by atoms with Crippen molar-refractivity contribution in [2.75, 3.05) is 0 Å². The summed E-state index contributed by atoms with van der Waals surface area (Å²) in [5.74, 6) is 0.802. The number of nitrogens with zero attached hydrogens (tertiary/aromatic N) is 1. The van der Waals surface area contributed by atoms with E-state index in [2.05, 4.69) is 0 Å². The first-order valence-electron chi connectivity index (χ1n) is 5.63. The van der Waals surface area contributed by atoms with Crippen LogP contribution in [0.3, 0.4) is 0 Å². The fraction of sp³-hybridized carbons (Fsp3) is 0. The highest BCUT2D eigenvalue weighted by atomic mass is 16.6. The number of nitro groups is 1. The lowest BCUT2D eigenvalue weighted by molar-refractivity contribution is -0.402. The molecular weight excluding hydrogens is 246 g/mol. The number of rotatable bonds is 3. The molecule has 2 aromatic heterocycles. The van der Waals surface area contributed by atoms with Gasteiger partial charge in [-0.05, 0) is 30.4 Å². The highest BCUT2D eigenvalue weighted by molar-refractivity contribution is 5.81. The highest BCUT2D eigenvalue weighted by Gasteiger charge is 2.09. The van der Waals surface area contributed by atoms with E-state index in [-0.39, 0.29) is 5.88 Å². The molecule has 0 saturated carbocycles. The minimum atomic E-state index is -0.571. The van der Waals surface area contributed by atoms with Gasteiger partial charge in [-0.3, -0.25) is 10.1 Å². The van der Waals surface area contributed by atoms with Crippen LogP contribution >= 0.6 is 0 Å². The third-order valence-electron chi connectivity index (χ3n) is 2.65. The fourth-order valence-electron chi connectivity index (χ4n) is 1.78. The Morgan fingerprint density at radius 1 is 1.00 bits per heavy atom. The van der Waals surface area contributed by atoms with Gasteiger partial charge in [0.15, 0.2) is 0 Å². The van der Waals surface area contributed by atoms with Gasteiger partial charge in [0.25, 0.3) is 0 Å². The molecule has 2 heterocycles. The van der Waals surface area contributed by atoms with Gasteiger partial charge >= 0.3 is 5.88 Å². The molecule has 0 atom stereocenters. The van der Waals surface area contributed by atoms with Crippen LogP contribution in [0.1, 0.15) is 11.5 Å². The summed E-state index contributed by atoms with van der Waals surface area (Å²) in [7, 11) is 0. The van der Waals surface area contributed by atoms with Crippen LogP contribution in [0.5, 0.6) is 0 Å². The molecule has 0 radical (unpaired) electrons. The first-order valence-corrected chi connectivity index (χ1v) is 5.63. The summed E-state index contributed by atoms with van der Waals surface area (Å²) in [6.45, 7) is 0. The van der Waals surface area contributed by atoms with Crippen molar-refractivity contribution in [3.63, 3.8) is 0 Å². The summed E-state index contributed by atoms with van der Waals surface area (Å²) in [5, 5.41) is 11.5. The average Bonchev–Trinajstić information content (AvgIpc) is 3.02. The van der Waals surface area contributed by atoms with Gasteiger partial charge < -0.3 is 8.83 Å². The van der Waals surface area contributed by atoms with Crippen LogP contribution in [0.15, 0.2) is 51.3 Å². The van der Waals surface area contributed by atoms with E-state index < -0.39 is 4.92 Å². The smallest absolute Gasteiger partial charge is 0.433 e. The van der Waals surface area contributed by atoms with Gasteiger partial charge in [0.1, 0.15) is 22.0 Å². The van der Waals surface area contributed by atoms with Gasteiger partial charge in [-0.1, -0.05) is 18.2 Å². The van der Waals surface area contributed by atoms with E-state index in [9.17, 15) is 10.1 Å². The van der Waals surface area contributed by atoms with Crippen molar-refractivity contribution in [1.29, 1.82) is 0 Å². The van der Waals surface area contributed by atoms with Crippen LogP contribution in [0.4, 0.5) is 5.88 Å². The normalized spacial score (nSPS) is 11.4. The van der Waals surface area contributed by atoms with Crippen LogP contribution in [-0.4, -0.2) is 4.92 Å². The third kappa shape index (κ3) is 2.26. The monoisotopic (exact) mass is 255 g/mol. The molecule has 0 bridgehead atoms. The van der Waals surface area contributed by atoms with E-state index >= 15 is 0 Å². The quantitative estimate of drug-likeness (QED) is 0.521. The van der Waals surface area contributed by atoms with Crippen molar-refractivity contribution in [3.05, 3.63) is 64.1 Å². The Morgan fingerprint density at radius 2 is 1.79 bits per heavy atom. The molecule has 19 heavy (non-hydrogen) atoms. The van der Waals surface area contributed by atoms with Crippen LogP contribution in [0.25, 0.3) is 23.1 Å². The Hall–Kier alpha value is -2.82. The van der Waals surface area contributed by atoms with Crippen LogP contribution in [-0.2, 0) is 0 Å². The zero-order chi connectivity index (χ0) is 13.2.